The maximum Gasteiger partial charge on any atom is 0.255 e. The molecule has 0 bridgehead atoms. The molecule has 148 valence electrons. The number of carbonyl (C=O) groups is 2. The van der Waals surface area contributed by atoms with Crippen LogP contribution in [0.4, 0.5) is 5.82 Å². The maximum atomic E-state index is 12.3. The van der Waals surface area contributed by atoms with Crippen LogP contribution < -0.4 is 10.6 Å². The SMILES string of the molecule is CN1CCO[C@@H](C(=O)NCc2ccnc(NC(=O)[C@H]3CN(C)CCO3)c2)C1. The molecule has 1 aromatic rings. The molecule has 1 aromatic heterocycles. The molecule has 3 heterocycles. The second kappa shape index (κ2) is 9.23. The second-order valence-electron chi connectivity index (χ2n) is 7.00. The molecule has 2 aliphatic heterocycles. The Morgan fingerprint density at radius 2 is 1.74 bits per heavy atom. The minimum absolute atomic E-state index is 0.136. The Hall–Kier alpha value is -2.07. The molecule has 2 N–H and O–H groups in total. The quantitative estimate of drug-likeness (QED) is 0.700. The van der Waals surface area contributed by atoms with Crippen LogP contribution in [0.1, 0.15) is 5.56 Å². The third-order valence-corrected chi connectivity index (χ3v) is 4.67. The molecule has 0 saturated carbocycles. The van der Waals surface area contributed by atoms with Gasteiger partial charge in [0.05, 0.1) is 13.2 Å². The number of carbonyl (C=O) groups excluding carboxylic acids is 2. The number of nitrogens with zero attached hydrogens (tertiary/aromatic N) is 3. The molecular formula is C18H27N5O4. The minimum Gasteiger partial charge on any atom is -0.366 e. The number of anilines is 1. The largest absolute Gasteiger partial charge is 0.366 e. The number of hydrogen-bond donors (Lipinski definition) is 2. The van der Waals surface area contributed by atoms with E-state index in [1.807, 2.05) is 14.1 Å². The smallest absolute Gasteiger partial charge is 0.255 e. The van der Waals surface area contributed by atoms with Crippen molar-refractivity contribution in [1.29, 1.82) is 0 Å². The van der Waals surface area contributed by atoms with Gasteiger partial charge in [-0.15, -0.1) is 0 Å². The van der Waals surface area contributed by atoms with Gasteiger partial charge in [0.15, 0.2) is 0 Å². The molecule has 0 spiro atoms. The van der Waals surface area contributed by atoms with Crippen molar-refractivity contribution < 1.29 is 19.1 Å². The molecule has 2 atom stereocenters. The van der Waals surface area contributed by atoms with Gasteiger partial charge in [-0.1, -0.05) is 0 Å². The summed E-state index contributed by atoms with van der Waals surface area (Å²) in [5.74, 6) is 0.0914. The first kappa shape index (κ1) is 19.7. The molecule has 0 aliphatic carbocycles. The van der Waals surface area contributed by atoms with Crippen LogP contribution in [0.15, 0.2) is 18.3 Å². The van der Waals surface area contributed by atoms with E-state index in [2.05, 4.69) is 25.4 Å². The number of amides is 2. The maximum absolute atomic E-state index is 12.3. The van der Waals surface area contributed by atoms with Gasteiger partial charge in [-0.3, -0.25) is 9.59 Å². The standard InChI is InChI=1S/C18H27N5O4/c1-22-5-7-26-14(11-22)17(24)20-10-13-3-4-19-16(9-13)21-18(25)15-12-23(2)6-8-27-15/h3-4,9,14-15H,5-8,10-12H2,1-2H3,(H,20,24)(H,19,21,25)/t14-,15-/m1/s1. The minimum atomic E-state index is -0.505. The van der Waals surface area contributed by atoms with Crippen molar-refractivity contribution in [3.05, 3.63) is 23.9 Å². The van der Waals surface area contributed by atoms with Gasteiger partial charge in [-0.25, -0.2) is 4.98 Å². The molecule has 2 amide bonds. The lowest BCUT2D eigenvalue weighted by atomic mass is 10.2. The number of hydrogen-bond acceptors (Lipinski definition) is 7. The molecule has 2 saturated heterocycles. The summed E-state index contributed by atoms with van der Waals surface area (Å²) in [4.78, 5) is 32.9. The van der Waals surface area contributed by atoms with Crippen molar-refractivity contribution in [3.8, 4) is 0 Å². The van der Waals surface area contributed by atoms with Gasteiger partial charge in [-0.2, -0.15) is 0 Å². The van der Waals surface area contributed by atoms with E-state index in [-0.39, 0.29) is 11.8 Å². The Bertz CT molecular complexity index is 671. The molecule has 2 aliphatic rings. The summed E-state index contributed by atoms with van der Waals surface area (Å²) < 4.78 is 11.0. The van der Waals surface area contributed by atoms with E-state index in [0.29, 0.717) is 38.7 Å². The Labute approximate surface area is 159 Å². The predicted octanol–water partition coefficient (Wildman–Crippen LogP) is -0.702. The highest BCUT2D eigenvalue weighted by Crippen LogP contribution is 2.10. The van der Waals surface area contributed by atoms with E-state index < -0.39 is 12.2 Å². The van der Waals surface area contributed by atoms with Gasteiger partial charge in [0, 0.05) is 38.9 Å². The first-order chi connectivity index (χ1) is 13.0. The predicted molar refractivity (Wildman–Crippen MR) is 99.2 cm³/mol. The number of nitrogens with one attached hydrogen (secondary N) is 2. The summed E-state index contributed by atoms with van der Waals surface area (Å²) in [6.07, 6.45) is 0.648. The molecule has 27 heavy (non-hydrogen) atoms. The fourth-order valence-corrected chi connectivity index (χ4v) is 3.04. The number of aromatic nitrogens is 1. The first-order valence-electron chi connectivity index (χ1n) is 9.15. The monoisotopic (exact) mass is 377 g/mol. The molecule has 9 nitrogen and oxygen atoms in total. The molecule has 0 radical (unpaired) electrons. The van der Waals surface area contributed by atoms with Crippen molar-refractivity contribution in [3.63, 3.8) is 0 Å². The molecule has 3 rings (SSSR count). The summed E-state index contributed by atoms with van der Waals surface area (Å²) in [6.45, 7) is 4.22. The summed E-state index contributed by atoms with van der Waals surface area (Å²) in [6, 6.07) is 3.55. The number of likely N-dealkylation sites (N-methyl/N-ethyl adjacent to an activating group) is 2. The number of pyridine rings is 1. The second-order valence-corrected chi connectivity index (χ2v) is 7.00. The molecule has 9 heteroatoms. The van der Waals surface area contributed by atoms with Gasteiger partial charge in [0.2, 0.25) is 0 Å². The van der Waals surface area contributed by atoms with Gasteiger partial charge in [0.1, 0.15) is 18.0 Å². The van der Waals surface area contributed by atoms with Crippen LogP contribution >= 0.6 is 0 Å². The van der Waals surface area contributed by atoms with E-state index >= 15 is 0 Å². The highest BCUT2D eigenvalue weighted by Gasteiger charge is 2.26. The summed E-state index contributed by atoms with van der Waals surface area (Å²) in [5, 5.41) is 5.66. The van der Waals surface area contributed by atoms with Crippen LogP contribution in [0.2, 0.25) is 0 Å². The lowest BCUT2D eigenvalue weighted by molar-refractivity contribution is -0.138. The Balaban J connectivity index is 1.51. The van der Waals surface area contributed by atoms with E-state index in [4.69, 9.17) is 9.47 Å². The first-order valence-corrected chi connectivity index (χ1v) is 9.15. The lowest BCUT2D eigenvalue weighted by Gasteiger charge is -2.29. The van der Waals surface area contributed by atoms with Crippen molar-refractivity contribution >= 4 is 17.6 Å². The van der Waals surface area contributed by atoms with Crippen LogP contribution in [0.25, 0.3) is 0 Å². The van der Waals surface area contributed by atoms with E-state index in [9.17, 15) is 9.59 Å². The highest BCUT2D eigenvalue weighted by atomic mass is 16.5. The van der Waals surface area contributed by atoms with Crippen molar-refractivity contribution in [1.82, 2.24) is 20.1 Å². The fourth-order valence-electron chi connectivity index (χ4n) is 3.04. The average Bonchev–Trinajstić information content (AvgIpc) is 2.66. The van der Waals surface area contributed by atoms with E-state index in [1.165, 1.54) is 0 Å². The Morgan fingerprint density at radius 1 is 1.11 bits per heavy atom. The lowest BCUT2D eigenvalue weighted by Crippen LogP contribution is -2.48. The topological polar surface area (TPSA) is 96.0 Å². The van der Waals surface area contributed by atoms with Crippen molar-refractivity contribution in [2.75, 3.05) is 58.8 Å². The molecule has 2 fully saturated rings. The zero-order valence-electron chi connectivity index (χ0n) is 15.8. The van der Waals surface area contributed by atoms with Crippen LogP contribution in [-0.4, -0.2) is 92.3 Å². The van der Waals surface area contributed by atoms with Crippen molar-refractivity contribution in [2.45, 2.75) is 18.8 Å². The third kappa shape index (κ3) is 5.70. The third-order valence-electron chi connectivity index (χ3n) is 4.67. The normalized spacial score (nSPS) is 24.4. The Morgan fingerprint density at radius 3 is 2.37 bits per heavy atom. The van der Waals surface area contributed by atoms with Crippen LogP contribution in [0, 0.1) is 0 Å². The van der Waals surface area contributed by atoms with Crippen LogP contribution in [0.3, 0.4) is 0 Å². The average molecular weight is 377 g/mol. The zero-order chi connectivity index (χ0) is 19.2. The number of rotatable bonds is 5. The molecule has 0 unspecified atom stereocenters. The summed E-state index contributed by atoms with van der Waals surface area (Å²) >= 11 is 0. The number of morpholine rings is 2. The molecular weight excluding hydrogens is 350 g/mol. The van der Waals surface area contributed by atoms with Gasteiger partial charge in [-0.05, 0) is 31.8 Å². The van der Waals surface area contributed by atoms with Gasteiger partial charge in [0.25, 0.3) is 11.8 Å². The highest BCUT2D eigenvalue weighted by molar-refractivity contribution is 5.93. The van der Waals surface area contributed by atoms with Crippen LogP contribution in [0.5, 0.6) is 0 Å². The van der Waals surface area contributed by atoms with Crippen LogP contribution in [-0.2, 0) is 25.6 Å². The van der Waals surface area contributed by atoms with E-state index in [0.717, 1.165) is 18.7 Å². The number of ether oxygens (including phenoxy) is 2. The van der Waals surface area contributed by atoms with Gasteiger partial charge < -0.3 is 29.9 Å². The van der Waals surface area contributed by atoms with E-state index in [1.54, 1.807) is 18.3 Å². The fraction of sp³-hybridized carbons (Fsp3) is 0.611. The van der Waals surface area contributed by atoms with Crippen molar-refractivity contribution in [2.24, 2.45) is 0 Å². The summed E-state index contributed by atoms with van der Waals surface area (Å²) in [7, 11) is 3.92. The Kier molecular flexibility index (Phi) is 6.73. The molecule has 0 aromatic carbocycles. The van der Waals surface area contributed by atoms with Gasteiger partial charge >= 0.3 is 0 Å². The summed E-state index contributed by atoms with van der Waals surface area (Å²) in [5.41, 5.74) is 0.847. The zero-order valence-corrected chi connectivity index (χ0v) is 15.8.